The number of amides is 1. The Kier molecular flexibility index (Phi) is 4.56. The van der Waals surface area contributed by atoms with Gasteiger partial charge in [-0.3, -0.25) is 9.59 Å². The van der Waals surface area contributed by atoms with Gasteiger partial charge in [0.25, 0.3) is 0 Å². The van der Waals surface area contributed by atoms with Gasteiger partial charge in [0.1, 0.15) is 0 Å². The summed E-state index contributed by atoms with van der Waals surface area (Å²) < 4.78 is 0. The van der Waals surface area contributed by atoms with Crippen LogP contribution in [0.25, 0.3) is 6.08 Å². The molecule has 0 N–H and O–H groups in total. The Hall–Kier alpha value is -2.50. The van der Waals surface area contributed by atoms with Crippen LogP contribution in [0.15, 0.2) is 36.4 Å². The van der Waals surface area contributed by atoms with E-state index in [0.29, 0.717) is 0 Å². The molecular formula is C11H9N2O4. The summed E-state index contributed by atoms with van der Waals surface area (Å²) in [5.74, 6) is -0.873. The predicted molar refractivity (Wildman–Crippen MR) is 59.9 cm³/mol. The van der Waals surface area contributed by atoms with Crippen LogP contribution in [0.1, 0.15) is 5.56 Å². The zero-order valence-corrected chi connectivity index (χ0v) is 8.78. The first-order chi connectivity index (χ1) is 8.15. The Balaban J connectivity index is 2.73. The van der Waals surface area contributed by atoms with Crippen LogP contribution in [0.3, 0.4) is 0 Å². The van der Waals surface area contributed by atoms with E-state index in [1.807, 2.05) is 6.07 Å². The van der Waals surface area contributed by atoms with Crippen LogP contribution >= 0.6 is 0 Å². The molecule has 0 bridgehead atoms. The van der Waals surface area contributed by atoms with Crippen molar-refractivity contribution in [1.29, 1.82) is 0 Å². The fraction of sp³-hybridized carbons (Fsp3) is 0.0909. The second-order valence-corrected chi connectivity index (χ2v) is 3.02. The van der Waals surface area contributed by atoms with Crippen LogP contribution in [-0.4, -0.2) is 28.8 Å². The molecule has 87 valence electrons. The van der Waals surface area contributed by atoms with Gasteiger partial charge >= 0.3 is 5.91 Å². The summed E-state index contributed by atoms with van der Waals surface area (Å²) in [6, 6.07) is 8.84. The van der Waals surface area contributed by atoms with Gasteiger partial charge in [0.2, 0.25) is 6.29 Å². The predicted octanol–water partition coefficient (Wildman–Crippen LogP) is 0.830. The zero-order chi connectivity index (χ0) is 12.7. The average molecular weight is 233 g/mol. The molecule has 6 nitrogen and oxygen atoms in total. The molecule has 1 rings (SSSR count). The van der Waals surface area contributed by atoms with E-state index in [1.54, 1.807) is 24.3 Å². The summed E-state index contributed by atoms with van der Waals surface area (Å²) in [6.45, 7) is -0.690. The molecule has 1 aromatic rings. The molecule has 0 aliphatic heterocycles. The number of nitrogens with zero attached hydrogens (tertiary/aromatic N) is 2. The van der Waals surface area contributed by atoms with Gasteiger partial charge in [0, 0.05) is 6.08 Å². The lowest BCUT2D eigenvalue weighted by Crippen LogP contribution is -2.36. The van der Waals surface area contributed by atoms with Crippen LogP contribution in [-0.2, 0) is 9.59 Å². The highest BCUT2D eigenvalue weighted by Gasteiger charge is 2.21. The van der Waals surface area contributed by atoms with Crippen molar-refractivity contribution in [3.8, 4) is 0 Å². The third-order valence-corrected chi connectivity index (χ3v) is 1.88. The van der Waals surface area contributed by atoms with Gasteiger partial charge in [-0.2, -0.15) is 0 Å². The van der Waals surface area contributed by atoms with E-state index in [2.05, 4.69) is 0 Å². The lowest BCUT2D eigenvalue weighted by atomic mass is 10.2. The molecule has 0 aromatic heterocycles. The Bertz CT molecular complexity index is 442. The van der Waals surface area contributed by atoms with Gasteiger partial charge in [0.05, 0.1) is 0 Å². The first-order valence-electron chi connectivity index (χ1n) is 4.69. The van der Waals surface area contributed by atoms with Crippen molar-refractivity contribution in [2.75, 3.05) is 6.54 Å². The lowest BCUT2D eigenvalue weighted by molar-refractivity contribution is -0.630. The second-order valence-electron chi connectivity index (χ2n) is 3.02. The molecule has 1 radical (unpaired) electrons. The quantitative estimate of drug-likeness (QED) is 0.428. The highest BCUT2D eigenvalue weighted by Crippen LogP contribution is 2.02. The second kappa shape index (κ2) is 6.16. The number of nitro groups is 1. The smallest absolute Gasteiger partial charge is 0.288 e. The van der Waals surface area contributed by atoms with E-state index in [1.165, 1.54) is 12.4 Å². The number of benzene rings is 1. The fourth-order valence-corrected chi connectivity index (χ4v) is 1.09. The van der Waals surface area contributed by atoms with Crippen LogP contribution in [0.5, 0.6) is 0 Å². The van der Waals surface area contributed by atoms with Crippen molar-refractivity contribution in [2.45, 2.75) is 0 Å². The molecule has 0 saturated carbocycles. The van der Waals surface area contributed by atoms with Gasteiger partial charge in [-0.1, -0.05) is 30.3 Å². The van der Waals surface area contributed by atoms with E-state index in [4.69, 9.17) is 0 Å². The van der Waals surface area contributed by atoms with Crippen LogP contribution < -0.4 is 0 Å². The van der Waals surface area contributed by atoms with E-state index in [0.717, 1.165) is 11.6 Å². The molecule has 0 atom stereocenters. The number of hydrogen-bond donors (Lipinski definition) is 0. The highest BCUT2D eigenvalue weighted by atomic mass is 16.7. The molecule has 6 heteroatoms. The number of rotatable bonds is 5. The third kappa shape index (κ3) is 3.86. The lowest BCUT2D eigenvalue weighted by Gasteiger charge is -2.05. The highest BCUT2D eigenvalue weighted by molar-refractivity contribution is 5.91. The first-order valence-corrected chi connectivity index (χ1v) is 4.69. The zero-order valence-electron chi connectivity index (χ0n) is 8.78. The average Bonchev–Trinajstić information content (AvgIpc) is 2.34. The molecule has 0 saturated heterocycles. The molecular weight excluding hydrogens is 224 g/mol. The number of hydrazine groups is 1. The molecule has 17 heavy (non-hydrogen) atoms. The monoisotopic (exact) mass is 233 g/mol. The van der Waals surface area contributed by atoms with Crippen molar-refractivity contribution in [2.24, 2.45) is 0 Å². The summed E-state index contributed by atoms with van der Waals surface area (Å²) in [4.78, 5) is 31.9. The minimum absolute atomic E-state index is 0.187. The number of carbonyl (C=O) groups is 1. The van der Waals surface area contributed by atoms with Crippen LogP contribution in [0.2, 0.25) is 0 Å². The maximum atomic E-state index is 11.4. The standard InChI is InChI=1S/C11H9N2O4/c14-9-8-12(13(16)17)11(15)7-6-10-4-2-1-3-5-10/h1-7H,8H2. The summed E-state index contributed by atoms with van der Waals surface area (Å²) in [7, 11) is 0. The summed E-state index contributed by atoms with van der Waals surface area (Å²) in [5, 5.41) is 9.69. The van der Waals surface area contributed by atoms with Crippen molar-refractivity contribution in [3.63, 3.8) is 0 Å². The third-order valence-electron chi connectivity index (χ3n) is 1.88. The Morgan fingerprint density at radius 2 is 2.06 bits per heavy atom. The molecule has 0 aliphatic rings. The summed E-state index contributed by atoms with van der Waals surface area (Å²) in [5.41, 5.74) is 0.735. The number of hydrogen-bond acceptors (Lipinski definition) is 4. The molecule has 0 unspecified atom stereocenters. The van der Waals surface area contributed by atoms with Crippen molar-refractivity contribution in [3.05, 3.63) is 52.1 Å². The van der Waals surface area contributed by atoms with E-state index in [9.17, 15) is 19.7 Å². The molecule has 0 spiro atoms. The SMILES string of the molecule is O=[C]CN(C(=O)C=Cc1ccccc1)[N+](=O)[O-]. The Morgan fingerprint density at radius 3 is 2.59 bits per heavy atom. The van der Waals surface area contributed by atoms with Crippen molar-refractivity contribution >= 4 is 18.3 Å². The van der Waals surface area contributed by atoms with Gasteiger partial charge in [-0.15, -0.1) is 0 Å². The van der Waals surface area contributed by atoms with Crippen LogP contribution in [0, 0.1) is 10.1 Å². The van der Waals surface area contributed by atoms with Gasteiger partial charge in [-0.05, 0) is 16.6 Å². The van der Waals surface area contributed by atoms with Gasteiger partial charge in [-0.25, -0.2) is 10.1 Å². The molecule has 0 heterocycles. The molecule has 0 fully saturated rings. The normalized spacial score (nSPS) is 10.1. The Labute approximate surface area is 97.3 Å². The van der Waals surface area contributed by atoms with Crippen LogP contribution in [0.4, 0.5) is 0 Å². The molecule has 1 amide bonds. The van der Waals surface area contributed by atoms with Crippen molar-refractivity contribution < 1.29 is 14.6 Å². The largest absolute Gasteiger partial charge is 0.307 e. The van der Waals surface area contributed by atoms with E-state index < -0.39 is 17.5 Å². The van der Waals surface area contributed by atoms with Gasteiger partial charge in [0.15, 0.2) is 11.6 Å². The fourth-order valence-electron chi connectivity index (χ4n) is 1.09. The van der Waals surface area contributed by atoms with Gasteiger partial charge < -0.3 is 0 Å². The molecule has 1 aromatic carbocycles. The Morgan fingerprint density at radius 1 is 1.41 bits per heavy atom. The maximum absolute atomic E-state index is 11.4. The van der Waals surface area contributed by atoms with E-state index >= 15 is 0 Å². The summed E-state index contributed by atoms with van der Waals surface area (Å²) in [6.07, 6.45) is 3.78. The summed E-state index contributed by atoms with van der Waals surface area (Å²) >= 11 is 0. The first kappa shape index (κ1) is 12.6. The maximum Gasteiger partial charge on any atom is 0.307 e. The van der Waals surface area contributed by atoms with Crippen molar-refractivity contribution in [1.82, 2.24) is 5.01 Å². The molecule has 0 aliphatic carbocycles. The number of carbonyl (C=O) groups excluding carboxylic acids is 2. The van der Waals surface area contributed by atoms with E-state index in [-0.39, 0.29) is 5.01 Å². The topological polar surface area (TPSA) is 80.5 Å². The minimum Gasteiger partial charge on any atom is -0.288 e. The minimum atomic E-state index is -0.942.